The van der Waals surface area contributed by atoms with Crippen molar-refractivity contribution in [2.75, 3.05) is 26.2 Å². The van der Waals surface area contributed by atoms with Gasteiger partial charge in [0, 0.05) is 18.2 Å². The molecule has 38 heavy (non-hydrogen) atoms. The van der Waals surface area contributed by atoms with Crippen molar-refractivity contribution in [2.24, 2.45) is 4.99 Å². The third kappa shape index (κ3) is 3.92. The van der Waals surface area contributed by atoms with E-state index in [0.29, 0.717) is 38.7 Å². The topological polar surface area (TPSA) is 99.4 Å². The van der Waals surface area contributed by atoms with Crippen LogP contribution in [0.15, 0.2) is 63.5 Å². The maximum atomic E-state index is 14.2. The summed E-state index contributed by atoms with van der Waals surface area (Å²) in [6.45, 7) is 5.22. The van der Waals surface area contributed by atoms with Crippen LogP contribution in [0.2, 0.25) is 0 Å². The molecule has 1 amide bonds. The Hall–Kier alpha value is -4.18. The van der Waals surface area contributed by atoms with Gasteiger partial charge in [0.25, 0.3) is 11.5 Å². The number of esters is 1. The first-order chi connectivity index (χ1) is 18.2. The number of anilines is 1. The van der Waals surface area contributed by atoms with Crippen LogP contribution in [-0.4, -0.2) is 43.8 Å². The highest BCUT2D eigenvalue weighted by atomic mass is 32.1. The quantitative estimate of drug-likeness (QED) is 0.468. The van der Waals surface area contributed by atoms with Gasteiger partial charge in [-0.2, -0.15) is 0 Å². The van der Waals surface area contributed by atoms with Crippen molar-refractivity contribution in [2.45, 2.75) is 32.9 Å². The second-order valence-electron chi connectivity index (χ2n) is 9.22. The van der Waals surface area contributed by atoms with Crippen LogP contribution < -0.4 is 29.3 Å². The normalized spacial score (nSPS) is 17.8. The van der Waals surface area contributed by atoms with E-state index in [-0.39, 0.29) is 22.1 Å². The van der Waals surface area contributed by atoms with Crippen LogP contribution in [0.4, 0.5) is 5.69 Å². The minimum absolute atomic E-state index is 0.212. The van der Waals surface area contributed by atoms with Crippen molar-refractivity contribution in [3.05, 3.63) is 84.5 Å². The maximum absolute atomic E-state index is 14.2. The first-order valence-electron chi connectivity index (χ1n) is 12.0. The molecule has 0 aliphatic carbocycles. The Bertz CT molecular complexity index is 1700. The number of fused-ring (bicyclic) bond motifs is 2. The third-order valence-electron chi connectivity index (χ3n) is 6.57. The van der Waals surface area contributed by atoms with E-state index in [0.717, 1.165) is 17.0 Å². The number of rotatable bonds is 5. The Morgan fingerprint density at radius 3 is 2.50 bits per heavy atom. The second-order valence-corrected chi connectivity index (χ2v) is 10.2. The lowest BCUT2D eigenvalue weighted by Gasteiger charge is -2.26. The summed E-state index contributed by atoms with van der Waals surface area (Å²) in [6.07, 6.45) is -0.384. The zero-order valence-electron chi connectivity index (χ0n) is 21.9. The molecule has 9 nitrogen and oxygen atoms in total. The SMILES string of the molecule is COc1ccc(OC)c([C@H]2C(C(=O)OC(C)C)=C(C)N=c3s/c(=C4/C(=O)N(C)c5ccccc54)c(=O)n32)c1. The molecule has 0 unspecified atom stereocenters. The van der Waals surface area contributed by atoms with Crippen LogP contribution in [-0.2, 0) is 14.3 Å². The Balaban J connectivity index is 1.86. The number of nitrogens with zero attached hydrogens (tertiary/aromatic N) is 3. The lowest BCUT2D eigenvalue weighted by atomic mass is 9.94. The number of carbonyl (C=O) groups excluding carboxylic acids is 2. The Labute approximate surface area is 222 Å². The third-order valence-corrected chi connectivity index (χ3v) is 7.63. The van der Waals surface area contributed by atoms with Crippen LogP contribution in [0.1, 0.15) is 37.9 Å². The van der Waals surface area contributed by atoms with Crippen molar-refractivity contribution in [3.63, 3.8) is 0 Å². The predicted molar refractivity (Wildman–Crippen MR) is 143 cm³/mol. The summed E-state index contributed by atoms with van der Waals surface area (Å²) < 4.78 is 18.4. The fourth-order valence-corrected chi connectivity index (χ4v) is 5.98. The Morgan fingerprint density at radius 1 is 1.08 bits per heavy atom. The molecular formula is C28H27N3O6S. The fraction of sp³-hybridized carbons (Fsp3) is 0.286. The van der Waals surface area contributed by atoms with Gasteiger partial charge in [-0.15, -0.1) is 0 Å². The number of hydrogen-bond acceptors (Lipinski definition) is 8. The standard InChI is InChI=1S/C28H27N3O6S/c1-14(2)37-27(34)21-15(3)29-28-31(23(21)18-13-16(35-5)11-12-20(18)36-6)26(33)24(38-28)22-17-9-7-8-10-19(17)30(4)25(22)32/h7-14,23H,1-6H3/b24-22+/t23-/m0/s1. The Morgan fingerprint density at radius 2 is 1.82 bits per heavy atom. The highest BCUT2D eigenvalue weighted by Crippen LogP contribution is 2.38. The molecule has 0 N–H and O–H groups in total. The summed E-state index contributed by atoms with van der Waals surface area (Å²) in [5.74, 6) is 0.123. The van der Waals surface area contributed by atoms with E-state index in [1.807, 2.05) is 24.3 Å². The zero-order chi connectivity index (χ0) is 27.3. The fourth-order valence-electron chi connectivity index (χ4n) is 4.85. The van der Waals surface area contributed by atoms with Gasteiger partial charge < -0.3 is 19.1 Å². The summed E-state index contributed by atoms with van der Waals surface area (Å²) in [6, 6.07) is 11.6. The van der Waals surface area contributed by atoms with Crippen LogP contribution in [0, 0.1) is 0 Å². The van der Waals surface area contributed by atoms with E-state index in [9.17, 15) is 14.4 Å². The smallest absolute Gasteiger partial charge is 0.338 e. The van der Waals surface area contributed by atoms with Gasteiger partial charge in [0.1, 0.15) is 22.1 Å². The van der Waals surface area contributed by atoms with Gasteiger partial charge in [0.15, 0.2) is 4.80 Å². The van der Waals surface area contributed by atoms with Crippen molar-refractivity contribution in [1.29, 1.82) is 0 Å². The molecule has 0 bridgehead atoms. The minimum Gasteiger partial charge on any atom is -0.497 e. The summed E-state index contributed by atoms with van der Waals surface area (Å²) in [7, 11) is 4.73. The molecule has 2 aliphatic rings. The Kier molecular flexibility index (Phi) is 6.44. The molecule has 3 heterocycles. The van der Waals surface area contributed by atoms with Crippen molar-refractivity contribution in [3.8, 4) is 11.5 Å². The van der Waals surface area contributed by atoms with Crippen molar-refractivity contribution >= 4 is 34.5 Å². The molecule has 0 saturated heterocycles. The average Bonchev–Trinajstić information content (AvgIpc) is 3.34. The van der Waals surface area contributed by atoms with Crippen LogP contribution >= 0.6 is 11.3 Å². The number of allylic oxidation sites excluding steroid dienone is 1. The van der Waals surface area contributed by atoms with Gasteiger partial charge in [-0.1, -0.05) is 29.5 Å². The maximum Gasteiger partial charge on any atom is 0.338 e. The molecule has 5 rings (SSSR count). The van der Waals surface area contributed by atoms with E-state index in [2.05, 4.69) is 4.99 Å². The first-order valence-corrected chi connectivity index (χ1v) is 12.8. The summed E-state index contributed by atoms with van der Waals surface area (Å²) in [4.78, 5) is 47.4. The number of hydrogen-bond donors (Lipinski definition) is 0. The largest absolute Gasteiger partial charge is 0.497 e. The number of para-hydroxylation sites is 1. The number of ether oxygens (including phenoxy) is 3. The number of methoxy groups -OCH3 is 2. The minimum atomic E-state index is -0.915. The molecule has 196 valence electrons. The van der Waals surface area contributed by atoms with Crippen LogP contribution in [0.3, 0.4) is 0 Å². The van der Waals surface area contributed by atoms with Crippen molar-refractivity contribution in [1.82, 2.24) is 4.57 Å². The number of likely N-dealkylation sites (N-methyl/N-ethyl adjacent to an activating group) is 1. The highest BCUT2D eigenvalue weighted by molar-refractivity contribution is 7.07. The number of thiazole rings is 1. The summed E-state index contributed by atoms with van der Waals surface area (Å²) >= 11 is 1.12. The zero-order valence-corrected chi connectivity index (χ0v) is 22.7. The van der Waals surface area contributed by atoms with Gasteiger partial charge in [0.05, 0.1) is 42.9 Å². The van der Waals surface area contributed by atoms with Gasteiger partial charge in [-0.05, 0) is 45.0 Å². The van der Waals surface area contributed by atoms with Gasteiger partial charge in [-0.3, -0.25) is 14.2 Å². The van der Waals surface area contributed by atoms with Gasteiger partial charge in [0.2, 0.25) is 0 Å². The van der Waals surface area contributed by atoms with Crippen LogP contribution in [0.5, 0.6) is 11.5 Å². The van der Waals surface area contributed by atoms with E-state index in [1.54, 1.807) is 46.0 Å². The molecule has 10 heteroatoms. The summed E-state index contributed by atoms with van der Waals surface area (Å²) in [5, 5.41) is 0. The number of carbonyl (C=O) groups is 2. The van der Waals surface area contributed by atoms with Crippen molar-refractivity contribution < 1.29 is 23.8 Å². The monoisotopic (exact) mass is 533 g/mol. The van der Waals surface area contributed by atoms with Crippen LogP contribution in [0.25, 0.3) is 5.57 Å². The van der Waals surface area contributed by atoms with E-state index in [4.69, 9.17) is 14.2 Å². The number of aromatic nitrogens is 1. The highest BCUT2D eigenvalue weighted by Gasteiger charge is 2.38. The molecule has 0 spiro atoms. The van der Waals surface area contributed by atoms with Gasteiger partial charge >= 0.3 is 5.97 Å². The average molecular weight is 534 g/mol. The molecule has 1 aromatic heterocycles. The lowest BCUT2D eigenvalue weighted by molar-refractivity contribution is -0.143. The molecule has 3 aromatic rings. The molecular weight excluding hydrogens is 506 g/mol. The van der Waals surface area contributed by atoms with Gasteiger partial charge in [-0.25, -0.2) is 9.79 Å². The summed E-state index contributed by atoms with van der Waals surface area (Å²) in [5.41, 5.74) is 2.44. The number of benzene rings is 2. The van der Waals surface area contributed by atoms with E-state index in [1.165, 1.54) is 23.7 Å². The molecule has 0 fully saturated rings. The molecule has 2 aromatic carbocycles. The lowest BCUT2D eigenvalue weighted by Crippen LogP contribution is -2.41. The molecule has 0 radical (unpaired) electrons. The number of amides is 1. The van der Waals surface area contributed by atoms with E-state index < -0.39 is 17.6 Å². The predicted octanol–water partition coefficient (Wildman–Crippen LogP) is 2.55. The molecule has 0 saturated carbocycles. The molecule has 1 atom stereocenters. The first kappa shape index (κ1) is 25.5. The second kappa shape index (κ2) is 9.60. The van der Waals surface area contributed by atoms with E-state index >= 15 is 0 Å². The molecule has 2 aliphatic heterocycles.